The topological polar surface area (TPSA) is 46.3 Å². The number of benzene rings is 2. The number of fused-ring (bicyclic) bond motifs is 2. The molecule has 2 aromatic carbocycles. The fraction of sp³-hybridized carbons (Fsp3) is 0.273. The van der Waals surface area contributed by atoms with Crippen molar-refractivity contribution in [3.63, 3.8) is 0 Å². The van der Waals surface area contributed by atoms with Crippen molar-refractivity contribution >= 4 is 38.2 Å². The first-order valence-electron chi connectivity index (χ1n) is 9.22. The predicted octanol–water partition coefficient (Wildman–Crippen LogP) is 5.53. The highest BCUT2D eigenvalue weighted by molar-refractivity contribution is 7.21. The highest BCUT2D eigenvalue weighted by Gasteiger charge is 2.23. The molecule has 138 valence electrons. The average molecular weight is 378 g/mol. The molecule has 2 heterocycles. The average Bonchev–Trinajstić information content (AvgIpc) is 3.06. The number of hydrogen-bond acceptors (Lipinski definition) is 5. The molecule has 0 aliphatic carbocycles. The van der Waals surface area contributed by atoms with Crippen LogP contribution < -0.4 is 10.5 Å². The zero-order chi connectivity index (χ0) is 19.1. The zero-order valence-corrected chi connectivity index (χ0v) is 16.8. The van der Waals surface area contributed by atoms with Gasteiger partial charge in [0.05, 0.1) is 15.9 Å². The summed E-state index contributed by atoms with van der Waals surface area (Å²) in [6, 6.07) is 12.0. The Morgan fingerprint density at radius 3 is 2.59 bits per heavy atom. The number of rotatable bonds is 4. The van der Waals surface area contributed by atoms with Gasteiger partial charge in [0.25, 0.3) is 0 Å². The lowest BCUT2D eigenvalue weighted by Gasteiger charge is -2.24. The maximum Gasteiger partial charge on any atom is 0.348 e. The predicted molar refractivity (Wildman–Crippen MR) is 114 cm³/mol. The summed E-state index contributed by atoms with van der Waals surface area (Å²) in [7, 11) is 0. The fourth-order valence-corrected chi connectivity index (χ4v) is 4.84. The van der Waals surface area contributed by atoms with Crippen LogP contribution in [-0.2, 0) is 0 Å². The van der Waals surface area contributed by atoms with E-state index in [1.165, 1.54) is 5.56 Å². The van der Waals surface area contributed by atoms with Crippen molar-refractivity contribution in [3.8, 4) is 10.6 Å². The van der Waals surface area contributed by atoms with Crippen LogP contribution >= 0.6 is 11.3 Å². The molecule has 0 N–H and O–H groups in total. The van der Waals surface area contributed by atoms with E-state index < -0.39 is 0 Å². The molecule has 0 fully saturated rings. The molecule has 2 aromatic heterocycles. The maximum absolute atomic E-state index is 13.0. The number of aryl methyl sites for hydroxylation is 2. The van der Waals surface area contributed by atoms with Crippen LogP contribution in [-0.4, -0.2) is 18.1 Å². The Kier molecular flexibility index (Phi) is 4.48. The van der Waals surface area contributed by atoms with Crippen LogP contribution in [0.15, 0.2) is 45.6 Å². The van der Waals surface area contributed by atoms with Crippen LogP contribution in [0.1, 0.15) is 25.0 Å². The summed E-state index contributed by atoms with van der Waals surface area (Å²) in [4.78, 5) is 20.0. The maximum atomic E-state index is 13.0. The van der Waals surface area contributed by atoms with E-state index in [0.717, 1.165) is 45.0 Å². The minimum Gasteiger partial charge on any atom is -0.422 e. The number of para-hydroxylation sites is 1. The van der Waals surface area contributed by atoms with Crippen LogP contribution in [0.4, 0.5) is 5.69 Å². The third kappa shape index (κ3) is 2.92. The van der Waals surface area contributed by atoms with Crippen LogP contribution in [0.25, 0.3) is 31.8 Å². The molecule has 0 spiro atoms. The number of thiazole rings is 1. The molecule has 0 unspecified atom stereocenters. The van der Waals surface area contributed by atoms with Gasteiger partial charge in [-0.3, -0.25) is 0 Å². The summed E-state index contributed by atoms with van der Waals surface area (Å²) >= 11 is 1.56. The standard InChI is InChI=1S/C22H22N2O2S/c1-5-24(6-2)20-15-9-7-8-10-16(15)26-22(25)18(20)21-23-19-14(4)11-13(3)12-17(19)27-21/h7-12H,5-6H2,1-4H3. The SMILES string of the molecule is CCN(CC)c1c(-c2nc3c(C)cc(C)cc3s2)c(=O)oc2ccccc12. The second-order valence-corrected chi connectivity index (χ2v) is 7.76. The van der Waals surface area contributed by atoms with Gasteiger partial charge < -0.3 is 9.32 Å². The van der Waals surface area contributed by atoms with E-state index >= 15 is 0 Å². The van der Waals surface area contributed by atoms with Crippen molar-refractivity contribution in [1.29, 1.82) is 0 Å². The van der Waals surface area contributed by atoms with Gasteiger partial charge in [-0.25, -0.2) is 9.78 Å². The van der Waals surface area contributed by atoms with Gasteiger partial charge in [-0.2, -0.15) is 0 Å². The van der Waals surface area contributed by atoms with E-state index in [1.54, 1.807) is 11.3 Å². The van der Waals surface area contributed by atoms with E-state index in [1.807, 2.05) is 24.3 Å². The minimum absolute atomic E-state index is 0.330. The van der Waals surface area contributed by atoms with E-state index in [4.69, 9.17) is 9.40 Å². The van der Waals surface area contributed by atoms with Crippen LogP contribution in [0.2, 0.25) is 0 Å². The van der Waals surface area contributed by atoms with Crippen molar-refractivity contribution < 1.29 is 4.42 Å². The van der Waals surface area contributed by atoms with Crippen LogP contribution in [0, 0.1) is 13.8 Å². The van der Waals surface area contributed by atoms with Gasteiger partial charge in [0, 0.05) is 18.5 Å². The molecular formula is C22H22N2O2S. The number of aromatic nitrogens is 1. The highest BCUT2D eigenvalue weighted by atomic mass is 32.1. The Balaban J connectivity index is 2.10. The minimum atomic E-state index is -0.330. The van der Waals surface area contributed by atoms with Crippen molar-refractivity contribution in [3.05, 3.63) is 57.9 Å². The molecule has 0 aliphatic heterocycles. The van der Waals surface area contributed by atoms with Crippen molar-refractivity contribution in [2.24, 2.45) is 0 Å². The normalized spacial score (nSPS) is 11.4. The van der Waals surface area contributed by atoms with E-state index in [2.05, 4.69) is 44.7 Å². The molecule has 4 rings (SSSR count). The van der Waals surface area contributed by atoms with Crippen molar-refractivity contribution in [2.45, 2.75) is 27.7 Å². The summed E-state index contributed by atoms with van der Waals surface area (Å²) in [5, 5.41) is 1.67. The largest absolute Gasteiger partial charge is 0.422 e. The fourth-order valence-electron chi connectivity index (χ4n) is 3.67. The summed E-state index contributed by atoms with van der Waals surface area (Å²) in [6.07, 6.45) is 0. The molecule has 5 heteroatoms. The summed E-state index contributed by atoms with van der Waals surface area (Å²) < 4.78 is 6.76. The van der Waals surface area contributed by atoms with Gasteiger partial charge in [-0.1, -0.05) is 18.2 Å². The second kappa shape index (κ2) is 6.82. The van der Waals surface area contributed by atoms with Gasteiger partial charge in [0.2, 0.25) is 0 Å². The molecule has 0 atom stereocenters. The Morgan fingerprint density at radius 2 is 1.85 bits per heavy atom. The molecule has 27 heavy (non-hydrogen) atoms. The Labute approximate surface area is 162 Å². The van der Waals surface area contributed by atoms with Crippen LogP contribution in [0.3, 0.4) is 0 Å². The lowest BCUT2D eigenvalue weighted by atomic mass is 10.1. The van der Waals surface area contributed by atoms with Gasteiger partial charge in [0.15, 0.2) is 0 Å². The Bertz CT molecular complexity index is 1200. The molecular weight excluding hydrogens is 356 g/mol. The molecule has 0 amide bonds. The number of nitrogens with zero attached hydrogens (tertiary/aromatic N) is 2. The van der Waals surface area contributed by atoms with Gasteiger partial charge in [0.1, 0.15) is 16.2 Å². The molecule has 4 nitrogen and oxygen atoms in total. The van der Waals surface area contributed by atoms with Gasteiger partial charge in [-0.15, -0.1) is 11.3 Å². The van der Waals surface area contributed by atoms with Gasteiger partial charge in [-0.05, 0) is 57.0 Å². The van der Waals surface area contributed by atoms with Crippen molar-refractivity contribution in [2.75, 3.05) is 18.0 Å². The second-order valence-electron chi connectivity index (χ2n) is 6.73. The van der Waals surface area contributed by atoms with Crippen molar-refractivity contribution in [1.82, 2.24) is 4.98 Å². The Morgan fingerprint density at radius 1 is 1.11 bits per heavy atom. The zero-order valence-electron chi connectivity index (χ0n) is 16.0. The number of hydrogen-bond donors (Lipinski definition) is 0. The van der Waals surface area contributed by atoms with Crippen LogP contribution in [0.5, 0.6) is 0 Å². The lowest BCUT2D eigenvalue weighted by Crippen LogP contribution is -2.25. The third-order valence-electron chi connectivity index (χ3n) is 4.91. The first-order valence-corrected chi connectivity index (χ1v) is 10.0. The third-order valence-corrected chi connectivity index (χ3v) is 5.93. The molecule has 4 aromatic rings. The smallest absolute Gasteiger partial charge is 0.348 e. The number of anilines is 1. The van der Waals surface area contributed by atoms with Gasteiger partial charge >= 0.3 is 5.63 Å². The molecule has 0 aliphatic rings. The monoisotopic (exact) mass is 378 g/mol. The Hall–Kier alpha value is -2.66. The first-order chi connectivity index (χ1) is 13.0. The van der Waals surface area contributed by atoms with E-state index in [-0.39, 0.29) is 5.63 Å². The summed E-state index contributed by atoms with van der Waals surface area (Å²) in [5.74, 6) is 0. The molecule has 0 saturated heterocycles. The summed E-state index contributed by atoms with van der Waals surface area (Å²) in [5.41, 5.74) is 5.05. The van der Waals surface area contributed by atoms with E-state index in [9.17, 15) is 4.79 Å². The lowest BCUT2D eigenvalue weighted by molar-refractivity contribution is 0.563. The molecule has 0 radical (unpaired) electrons. The first kappa shape index (κ1) is 17.7. The molecule has 0 saturated carbocycles. The quantitative estimate of drug-likeness (QED) is 0.438. The molecule has 0 bridgehead atoms. The highest BCUT2D eigenvalue weighted by Crippen LogP contribution is 2.39. The summed E-state index contributed by atoms with van der Waals surface area (Å²) in [6.45, 7) is 9.95. The van der Waals surface area contributed by atoms with E-state index in [0.29, 0.717) is 11.1 Å².